The van der Waals surface area contributed by atoms with E-state index in [1.807, 2.05) is 18.2 Å². The summed E-state index contributed by atoms with van der Waals surface area (Å²) in [7, 11) is 0. The molecule has 1 amide bonds. The van der Waals surface area contributed by atoms with E-state index in [1.54, 1.807) is 40.9 Å². The van der Waals surface area contributed by atoms with Crippen LogP contribution >= 0.6 is 11.8 Å². The summed E-state index contributed by atoms with van der Waals surface area (Å²) in [5.41, 5.74) is 1.53. The number of carbonyl (C=O) groups excluding carboxylic acids is 2. The fourth-order valence-electron chi connectivity index (χ4n) is 2.77. The maximum absolute atomic E-state index is 12.7. The van der Waals surface area contributed by atoms with Crippen LogP contribution in [0.25, 0.3) is 0 Å². The Morgan fingerprint density at radius 2 is 2.00 bits per heavy atom. The summed E-state index contributed by atoms with van der Waals surface area (Å²) in [5.74, 6) is 0.437. The number of anilines is 1. The second-order valence-corrected chi connectivity index (χ2v) is 7.58. The van der Waals surface area contributed by atoms with Gasteiger partial charge in [-0.1, -0.05) is 31.2 Å². The molecular formula is C20H21NO3S. The van der Waals surface area contributed by atoms with Crippen LogP contribution in [0.4, 0.5) is 5.69 Å². The average molecular weight is 355 g/mol. The molecule has 1 aliphatic heterocycles. The summed E-state index contributed by atoms with van der Waals surface area (Å²) in [6.07, 6.45) is 0.935. The van der Waals surface area contributed by atoms with Gasteiger partial charge in [0.2, 0.25) is 0 Å². The monoisotopic (exact) mass is 355 g/mol. The Bertz CT molecular complexity index is 790. The highest BCUT2D eigenvalue weighted by Crippen LogP contribution is 2.37. The van der Waals surface area contributed by atoms with Crippen molar-refractivity contribution in [3.63, 3.8) is 0 Å². The minimum Gasteiger partial charge on any atom is -0.484 e. The summed E-state index contributed by atoms with van der Waals surface area (Å²) < 4.78 is 5.64. The number of nitrogens with zero attached hydrogens (tertiary/aromatic N) is 1. The van der Waals surface area contributed by atoms with Crippen LogP contribution in [0, 0.1) is 0 Å². The number of amides is 1. The molecule has 4 nitrogen and oxygen atoms in total. The summed E-state index contributed by atoms with van der Waals surface area (Å²) in [6, 6.07) is 14.9. The Morgan fingerprint density at radius 1 is 1.20 bits per heavy atom. The topological polar surface area (TPSA) is 46.6 Å². The van der Waals surface area contributed by atoms with Crippen LogP contribution in [0.15, 0.2) is 53.4 Å². The Morgan fingerprint density at radius 3 is 2.80 bits per heavy atom. The second kappa shape index (κ2) is 7.74. The van der Waals surface area contributed by atoms with Gasteiger partial charge >= 0.3 is 0 Å². The fourth-order valence-corrected chi connectivity index (χ4v) is 3.89. The summed E-state index contributed by atoms with van der Waals surface area (Å²) in [4.78, 5) is 27.1. The predicted molar refractivity (Wildman–Crippen MR) is 101 cm³/mol. The van der Waals surface area contributed by atoms with Gasteiger partial charge in [-0.05, 0) is 37.6 Å². The number of carbonyl (C=O) groups is 2. The zero-order chi connectivity index (χ0) is 17.8. The number of thioether (sulfide) groups is 1. The van der Waals surface area contributed by atoms with Gasteiger partial charge in [-0.25, -0.2) is 0 Å². The molecule has 0 bridgehead atoms. The van der Waals surface area contributed by atoms with E-state index in [1.165, 1.54) is 6.92 Å². The van der Waals surface area contributed by atoms with E-state index in [0.29, 0.717) is 23.1 Å². The van der Waals surface area contributed by atoms with Gasteiger partial charge < -0.3 is 9.64 Å². The van der Waals surface area contributed by atoms with E-state index in [-0.39, 0.29) is 18.3 Å². The molecule has 0 saturated carbocycles. The van der Waals surface area contributed by atoms with Crippen LogP contribution in [0.5, 0.6) is 5.75 Å². The molecule has 1 atom stereocenters. The first kappa shape index (κ1) is 17.5. The molecule has 130 valence electrons. The van der Waals surface area contributed by atoms with Crippen LogP contribution in [-0.4, -0.2) is 30.1 Å². The van der Waals surface area contributed by atoms with Gasteiger partial charge in [0, 0.05) is 22.3 Å². The quantitative estimate of drug-likeness (QED) is 0.772. The van der Waals surface area contributed by atoms with Crippen molar-refractivity contribution in [1.29, 1.82) is 0 Å². The third-order valence-electron chi connectivity index (χ3n) is 4.15. The van der Waals surface area contributed by atoms with Crippen LogP contribution in [0.3, 0.4) is 0 Å². The molecule has 3 rings (SSSR count). The molecule has 25 heavy (non-hydrogen) atoms. The maximum Gasteiger partial charge on any atom is 0.264 e. The van der Waals surface area contributed by atoms with Crippen LogP contribution in [0.2, 0.25) is 0 Å². The Kier molecular flexibility index (Phi) is 5.43. The molecule has 1 heterocycles. The molecule has 0 N–H and O–H groups in total. The van der Waals surface area contributed by atoms with Crippen molar-refractivity contribution in [3.05, 3.63) is 54.1 Å². The Hall–Kier alpha value is -2.27. The van der Waals surface area contributed by atoms with Gasteiger partial charge in [-0.15, -0.1) is 11.8 Å². The molecule has 2 aromatic carbocycles. The molecule has 0 fully saturated rings. The number of ether oxygens (including phenoxy) is 1. The van der Waals surface area contributed by atoms with E-state index in [0.717, 1.165) is 17.0 Å². The SMILES string of the molecule is CC(=O)c1cccc(OCC(=O)N2CCC(C)Sc3ccccc32)c1. The highest BCUT2D eigenvalue weighted by Gasteiger charge is 2.24. The molecule has 1 unspecified atom stereocenters. The van der Waals surface area contributed by atoms with E-state index in [4.69, 9.17) is 4.74 Å². The van der Waals surface area contributed by atoms with Crippen molar-refractivity contribution in [1.82, 2.24) is 0 Å². The van der Waals surface area contributed by atoms with Crippen molar-refractivity contribution in [3.8, 4) is 5.75 Å². The predicted octanol–water partition coefficient (Wildman–Crippen LogP) is 4.19. The fraction of sp³-hybridized carbons (Fsp3) is 0.300. The van der Waals surface area contributed by atoms with Crippen LogP contribution in [0.1, 0.15) is 30.6 Å². The Labute approximate surface area is 152 Å². The zero-order valence-electron chi connectivity index (χ0n) is 14.4. The molecule has 2 aromatic rings. The number of hydrogen-bond donors (Lipinski definition) is 0. The third kappa shape index (κ3) is 4.23. The van der Waals surface area contributed by atoms with E-state index < -0.39 is 0 Å². The van der Waals surface area contributed by atoms with Crippen molar-refractivity contribution < 1.29 is 14.3 Å². The lowest BCUT2D eigenvalue weighted by Crippen LogP contribution is -2.36. The normalized spacial score (nSPS) is 16.7. The minimum absolute atomic E-state index is 0.0239. The summed E-state index contributed by atoms with van der Waals surface area (Å²) in [5, 5.41) is 0.465. The number of fused-ring (bicyclic) bond motifs is 1. The third-order valence-corrected chi connectivity index (χ3v) is 5.38. The van der Waals surface area contributed by atoms with E-state index >= 15 is 0 Å². The highest BCUT2D eigenvalue weighted by atomic mass is 32.2. The van der Waals surface area contributed by atoms with Gasteiger partial charge in [0.1, 0.15) is 5.75 Å². The number of benzene rings is 2. The number of Topliss-reactive ketones (excluding diaryl/α,β-unsaturated/α-hetero) is 1. The summed E-state index contributed by atoms with van der Waals surface area (Å²) >= 11 is 1.80. The van der Waals surface area contributed by atoms with E-state index in [9.17, 15) is 9.59 Å². The van der Waals surface area contributed by atoms with Crippen molar-refractivity contribution in [2.24, 2.45) is 0 Å². The molecule has 5 heteroatoms. The lowest BCUT2D eigenvalue weighted by Gasteiger charge is -2.22. The van der Waals surface area contributed by atoms with E-state index in [2.05, 4.69) is 13.0 Å². The number of para-hydroxylation sites is 1. The van der Waals surface area contributed by atoms with Crippen molar-refractivity contribution in [2.45, 2.75) is 30.4 Å². The lowest BCUT2D eigenvalue weighted by atomic mass is 10.1. The molecule has 0 spiro atoms. The van der Waals surface area contributed by atoms with Gasteiger partial charge in [0.15, 0.2) is 12.4 Å². The van der Waals surface area contributed by atoms with Crippen molar-refractivity contribution in [2.75, 3.05) is 18.1 Å². The number of hydrogen-bond acceptors (Lipinski definition) is 4. The first-order valence-electron chi connectivity index (χ1n) is 8.34. The van der Waals surface area contributed by atoms with Gasteiger partial charge in [-0.2, -0.15) is 0 Å². The molecule has 0 radical (unpaired) electrons. The number of rotatable bonds is 4. The van der Waals surface area contributed by atoms with Crippen LogP contribution < -0.4 is 9.64 Å². The summed E-state index contributed by atoms with van der Waals surface area (Å²) in [6.45, 7) is 4.33. The number of ketones is 1. The van der Waals surface area contributed by atoms with Crippen LogP contribution in [-0.2, 0) is 4.79 Å². The van der Waals surface area contributed by atoms with Crippen molar-refractivity contribution >= 4 is 29.1 Å². The second-order valence-electron chi connectivity index (χ2n) is 6.10. The molecule has 0 aromatic heterocycles. The zero-order valence-corrected chi connectivity index (χ0v) is 15.2. The van der Waals surface area contributed by atoms with Gasteiger partial charge in [0.05, 0.1) is 5.69 Å². The molecular weight excluding hydrogens is 334 g/mol. The minimum atomic E-state index is -0.0737. The first-order chi connectivity index (χ1) is 12.0. The molecule has 1 aliphatic rings. The molecule has 0 saturated heterocycles. The first-order valence-corrected chi connectivity index (χ1v) is 9.22. The lowest BCUT2D eigenvalue weighted by molar-refractivity contribution is -0.120. The largest absolute Gasteiger partial charge is 0.484 e. The smallest absolute Gasteiger partial charge is 0.264 e. The average Bonchev–Trinajstić information content (AvgIpc) is 2.78. The van der Waals surface area contributed by atoms with Gasteiger partial charge in [-0.3, -0.25) is 9.59 Å². The highest BCUT2D eigenvalue weighted by molar-refractivity contribution is 8.00. The molecule has 0 aliphatic carbocycles. The standard InChI is InChI=1S/C20H21NO3S/c1-14-10-11-21(18-8-3-4-9-19(18)25-14)20(23)13-24-17-7-5-6-16(12-17)15(2)22/h3-9,12,14H,10-11,13H2,1-2H3. The maximum atomic E-state index is 12.7. The van der Waals surface area contributed by atoms with Gasteiger partial charge in [0.25, 0.3) is 5.91 Å². The Balaban J connectivity index is 1.73.